The van der Waals surface area contributed by atoms with Gasteiger partial charge in [0.25, 0.3) is 16.7 Å². The second-order valence-corrected chi connectivity index (χ2v) is 28.4. The van der Waals surface area contributed by atoms with Crippen LogP contribution in [0.2, 0.25) is 0 Å². The molecule has 115 heavy (non-hydrogen) atoms. The lowest BCUT2D eigenvalue weighted by molar-refractivity contribution is -0.0436. The first-order valence-corrected chi connectivity index (χ1v) is 35.4. The number of fused-ring (bicyclic) bond motifs is 5. The number of aliphatic hydroxyl groups excluding tert-OH is 5. The standard InChI is InChI=1S/C13H11Cl2FN4O4.C13H12Cl2N4O4.C12H11Cl2N5O4.C12H11Cl2N5O3S.C12H11Cl2N5O3/c14-2-1-13(15)8(22)6(4-21)24-11(13)20-3-5(16)7-9(20)18-12(17)19-10(7)23;14-3-2-13(15)8(21)7(5-20)23-11(13)19-4-1-6-9(19)17-12(16)18-10(6)22;13-2-1-12(14)7(21)5(3-20)23-10(12)19-4-16-6-8(19)17-11(15)18-9(6)22;13-2-1-12(14)7(21)5(3-20)22-10(12)19-4-16-6-8(19)17-11(15)18-9(6)23;13-2-1-12(14)8(21)7(4-20)22-10(12)19-5-17-6-3-16-11(15)18-9(6)19/h3,6,8,11,21-22H,4H2,(H3,17,18,19,23);1,4,7-8,11,20-21H,5H2,(H3,16,17,18,22);4-5,7,10,20-21H,3H2,(H3,15,17,18,22);4-5,7,10,20-21H,3H2,(H3,15,17,18,23);3,5,7-8,10,20-21H,4H2,(H2,15,16,18)/t6-,8+,11-,13?;7-,8+,11-,13?;2*5-,7+,10-,12?;7-,8+,10-,12?/m11111/s1/i4D2;5D2;2*3D2;4D2. The van der Waals surface area contributed by atoms with Crippen LogP contribution < -0.4 is 45.3 Å². The largest absolute Gasteiger partial charge is 0.394 e. The van der Waals surface area contributed by atoms with Crippen LogP contribution in [-0.2, 0) is 23.7 Å². The van der Waals surface area contributed by atoms with Crippen molar-refractivity contribution in [1.82, 2.24) is 87.6 Å². The lowest BCUT2D eigenvalue weighted by atomic mass is 9.99. The van der Waals surface area contributed by atoms with E-state index >= 15 is 0 Å². The normalized spacial score (nSPS) is 32.3. The molecule has 0 amide bonds. The summed E-state index contributed by atoms with van der Waals surface area (Å²) in [5.74, 6) is 10.1. The van der Waals surface area contributed by atoms with E-state index in [0.29, 0.717) is 5.52 Å². The number of anilines is 5. The van der Waals surface area contributed by atoms with E-state index in [0.717, 1.165) is 21.7 Å². The van der Waals surface area contributed by atoms with Gasteiger partial charge in [0.1, 0.15) is 83.1 Å². The van der Waals surface area contributed by atoms with Crippen molar-refractivity contribution in [2.75, 3.05) is 61.5 Å². The number of nitrogens with two attached hydrogens (primary N) is 5. The van der Waals surface area contributed by atoms with Crippen LogP contribution in [-0.4, -0.2) is 257 Å². The van der Waals surface area contributed by atoms with Crippen molar-refractivity contribution in [2.45, 2.75) is 117 Å². The van der Waals surface area contributed by atoms with Crippen molar-refractivity contribution in [3.8, 4) is 56.5 Å². The van der Waals surface area contributed by atoms with Crippen LogP contribution in [0.15, 0.2) is 58.0 Å². The van der Waals surface area contributed by atoms with Gasteiger partial charge in [-0.1, -0.05) is 99.8 Å². The predicted molar refractivity (Wildman–Crippen MR) is 415 cm³/mol. The Balaban J connectivity index is 0.000000152. The molecular weight excluding hydrogens is 1760 g/mol. The summed E-state index contributed by atoms with van der Waals surface area (Å²) in [6, 6.07) is 1.42. The van der Waals surface area contributed by atoms with Gasteiger partial charge in [0.05, 0.1) is 77.1 Å². The zero-order chi connectivity index (χ0) is 92.8. The number of hydrogen-bond donors (Lipinski definition) is 19. The first kappa shape index (κ1) is 74.1. The molecule has 10 aromatic rings. The Morgan fingerprint density at radius 2 is 0.835 bits per heavy atom. The minimum Gasteiger partial charge on any atom is -0.394 e. The molecule has 5 aliphatic heterocycles. The molecule has 0 saturated carbocycles. The summed E-state index contributed by atoms with van der Waals surface area (Å²) in [4.78, 5) is 71.1. The number of nitrogens with one attached hydrogen (secondary N) is 4. The number of aliphatic hydroxyl groups is 10. The van der Waals surface area contributed by atoms with E-state index < -0.39 is 177 Å². The molecule has 5 unspecified atom stereocenters. The molecule has 0 aliphatic carbocycles. The molecule has 0 aromatic carbocycles. The van der Waals surface area contributed by atoms with E-state index in [-0.39, 0.29) is 79.0 Å². The summed E-state index contributed by atoms with van der Waals surface area (Å²) >= 11 is 64.0. The highest BCUT2D eigenvalue weighted by Gasteiger charge is 2.61. The van der Waals surface area contributed by atoms with Gasteiger partial charge in [0.15, 0.2) is 100 Å². The highest BCUT2D eigenvalue weighted by atomic mass is 35.5. The van der Waals surface area contributed by atoms with Gasteiger partial charge in [-0.3, -0.25) is 47.6 Å². The minimum absolute atomic E-state index is 0.00966. The second-order valence-electron chi connectivity index (χ2n) is 23.9. The number of H-pyrrole nitrogens is 4. The molecule has 0 spiro atoms. The number of halogens is 11. The van der Waals surface area contributed by atoms with Crippen molar-refractivity contribution in [2.24, 2.45) is 0 Å². The maximum atomic E-state index is 14.3. The van der Waals surface area contributed by atoms with Gasteiger partial charge in [-0.2, -0.15) is 19.9 Å². The fraction of sp³-hybridized carbons (Fsp3) is 0.403. The quantitative estimate of drug-likeness (QED) is 0.0447. The molecule has 41 nitrogen and oxygen atoms in total. The van der Waals surface area contributed by atoms with E-state index in [9.17, 15) is 69.8 Å². The summed E-state index contributed by atoms with van der Waals surface area (Å²) in [6.07, 6.45) is -16.8. The molecule has 24 N–H and O–H groups in total. The van der Waals surface area contributed by atoms with E-state index in [2.05, 4.69) is 105 Å². The summed E-state index contributed by atoms with van der Waals surface area (Å²) in [5.41, 5.74) is 26.7. The highest BCUT2D eigenvalue weighted by molar-refractivity contribution is 7.71. The van der Waals surface area contributed by atoms with E-state index in [1.54, 1.807) is 0 Å². The van der Waals surface area contributed by atoms with Gasteiger partial charge < -0.3 is 113 Å². The number of ether oxygens (including phenoxy) is 5. The number of rotatable bonds is 10. The predicted octanol–water partition coefficient (Wildman–Crippen LogP) is -0.926. The molecule has 5 saturated heterocycles. The van der Waals surface area contributed by atoms with Crippen LogP contribution in [0.1, 0.15) is 44.8 Å². The van der Waals surface area contributed by atoms with Crippen molar-refractivity contribution >= 4 is 214 Å². The van der Waals surface area contributed by atoms with Crippen molar-refractivity contribution in [3.63, 3.8) is 0 Å². The molecular formula is C62H56Cl10FN23O18S. The first-order chi connectivity index (χ1) is 58.0. The Hall–Kier alpha value is -8.46. The zero-order valence-corrected chi connectivity index (χ0v) is 64.5. The SMILES string of the molecule is [2H]C([2H])(O)[C@H]1O[C@@H](n2cc(F)c3c(=O)[nH]c(N)nc32)C(Cl)(C#CCl)[C@H]1O.[2H]C([2H])(O)[C@H]1O[C@@H](n2ccc3c(=O)[nH]c(N)nc32)C(Cl)(C#CCl)[C@H]1O.[2H]C([2H])(O)[C@H]1O[C@@H](n2cnc3c(=O)[nH]c(N)nc32)C(Cl)(C#CCl)[C@H]1O.[2H]C([2H])(O)[C@H]1O[C@@H](n2cnc3c(=S)nc(N)[nH]c32)C(Cl)(C#CCl)[C@H]1O.[2H]C([2H])(O)[C@H]1O[C@@H](n2cnc3cnc(N)nc32)C(Cl)(C#CCl)[C@H]1O. The minimum atomic E-state index is -3.01. The molecule has 610 valence electrons. The average molecular weight is 1830 g/mol. The smallest absolute Gasteiger partial charge is 0.280 e. The van der Waals surface area contributed by atoms with E-state index in [1.807, 2.05) is 16.1 Å². The number of nitrogen functional groups attached to an aromatic ring is 5. The third-order valence-electron chi connectivity index (χ3n) is 17.4. The number of nitrogens with zero attached hydrogens (tertiary/aromatic N) is 14. The summed E-state index contributed by atoms with van der Waals surface area (Å²) in [6.45, 7) is -14.6. The molecule has 0 radical (unpaired) electrons. The third-order valence-corrected chi connectivity index (χ3v) is 20.6. The van der Waals surface area contributed by atoms with Gasteiger partial charge in [-0.05, 0) is 64.1 Å². The molecule has 0 bridgehead atoms. The van der Waals surface area contributed by atoms with Crippen molar-refractivity contribution in [3.05, 3.63) is 85.2 Å². The van der Waals surface area contributed by atoms with Crippen LogP contribution in [0, 0.1) is 67.0 Å². The zero-order valence-electron chi connectivity index (χ0n) is 66.2. The average Bonchev–Trinajstić information content (AvgIpc) is 1.60. The fourth-order valence-electron chi connectivity index (χ4n) is 12.1. The second kappa shape index (κ2) is 35.0. The Morgan fingerprint density at radius 1 is 0.470 bits per heavy atom. The molecule has 20 atom stereocenters. The van der Waals surface area contributed by atoms with E-state index in [4.69, 9.17) is 194 Å². The monoisotopic (exact) mass is 1820 g/mol. The van der Waals surface area contributed by atoms with Crippen LogP contribution in [0.4, 0.5) is 34.1 Å². The summed E-state index contributed by atoms with van der Waals surface area (Å²) < 4.78 is 122. The van der Waals surface area contributed by atoms with Gasteiger partial charge >= 0.3 is 0 Å². The third kappa shape index (κ3) is 15.9. The molecule has 15 heterocycles. The van der Waals surface area contributed by atoms with Crippen LogP contribution in [0.25, 0.3) is 55.6 Å². The molecule has 53 heteroatoms. The van der Waals surface area contributed by atoms with Crippen LogP contribution in [0.3, 0.4) is 0 Å². The van der Waals surface area contributed by atoms with Gasteiger partial charge in [-0.15, -0.1) is 0 Å². The molecule has 5 aliphatic rings. The molecule has 5 fully saturated rings. The van der Waals surface area contributed by atoms with Gasteiger partial charge in [-0.25, -0.2) is 29.3 Å². The Kier molecular flexibility index (Phi) is 22.6. The fourth-order valence-corrected chi connectivity index (χ4v) is 15.0. The number of aromatic nitrogens is 18. The summed E-state index contributed by atoms with van der Waals surface area (Å²) in [7, 11) is 0. The maximum Gasteiger partial charge on any atom is 0.280 e. The van der Waals surface area contributed by atoms with Crippen molar-refractivity contribution in [1.29, 1.82) is 0 Å². The Labute approximate surface area is 709 Å². The maximum absolute atomic E-state index is 14.3. The number of aromatic amines is 4. The van der Waals surface area contributed by atoms with Crippen molar-refractivity contribution < 1.29 is 92.8 Å². The van der Waals surface area contributed by atoms with Gasteiger partial charge in [0, 0.05) is 39.3 Å². The summed E-state index contributed by atoms with van der Waals surface area (Å²) in [5, 5.41) is 110. The highest BCUT2D eigenvalue weighted by Crippen LogP contribution is 2.49. The number of alkyl halides is 5. The molecule has 15 rings (SSSR count). The first-order valence-electron chi connectivity index (χ1n) is 36.2. The van der Waals surface area contributed by atoms with Crippen LogP contribution >= 0.6 is 128 Å². The number of hydrogen-bond acceptors (Lipinski definition) is 33. The van der Waals surface area contributed by atoms with E-state index in [1.165, 1.54) is 44.8 Å². The Bertz CT molecular complexity index is 6100. The molecule has 10 aromatic heterocycles. The number of imidazole rings is 3. The Morgan fingerprint density at radius 3 is 1.29 bits per heavy atom. The lowest BCUT2D eigenvalue weighted by Crippen LogP contribution is -2.41. The topological polar surface area (TPSA) is 634 Å². The van der Waals surface area contributed by atoms with Crippen LogP contribution in [0.5, 0.6) is 0 Å². The van der Waals surface area contributed by atoms with Gasteiger partial charge in [0.2, 0.25) is 23.8 Å². The lowest BCUT2D eigenvalue weighted by Gasteiger charge is -2.25.